The monoisotopic (exact) mass is 890 g/mol. The predicted octanol–water partition coefficient (Wildman–Crippen LogP) is 19.1. The number of hydrogen-bond donors (Lipinski definition) is 0. The Labute approximate surface area is 410 Å². The fourth-order valence-electron chi connectivity index (χ4n) is 12.3. The first kappa shape index (κ1) is 41.6. The minimum atomic E-state index is -0.386. The Balaban J connectivity index is 1.03. The summed E-state index contributed by atoms with van der Waals surface area (Å²) in [6.45, 7) is 4.83. The van der Waals surface area contributed by atoms with Crippen molar-refractivity contribution < 1.29 is 0 Å². The van der Waals surface area contributed by atoms with Gasteiger partial charge in [-0.1, -0.05) is 250 Å². The zero-order chi connectivity index (χ0) is 46.8. The van der Waals surface area contributed by atoms with Crippen molar-refractivity contribution in [3.8, 4) is 77.9 Å². The topological polar surface area (TPSA) is 0 Å². The van der Waals surface area contributed by atoms with Gasteiger partial charge in [-0.15, -0.1) is 0 Å². The summed E-state index contributed by atoms with van der Waals surface area (Å²) in [5.74, 6) is 0.257. The molecular weight excluding hydrogens is 841 g/mol. The molecule has 0 N–H and O–H groups in total. The van der Waals surface area contributed by atoms with Gasteiger partial charge in [-0.2, -0.15) is 0 Å². The van der Waals surface area contributed by atoms with E-state index in [2.05, 4.69) is 275 Å². The summed E-state index contributed by atoms with van der Waals surface area (Å²) >= 11 is 0. The summed E-state index contributed by atoms with van der Waals surface area (Å²) in [6.07, 6.45) is 0. The van der Waals surface area contributed by atoms with Crippen LogP contribution in [0.25, 0.3) is 110 Å². The SMILES string of the molecule is CC(C)C1(c2ccccc2-c2ccccc2)c2ccccc2-c2ccc(-c3c4ccccc4c(-c4ccc(-c5cc(-c6ccccc6)cc(-c6ccccc6)c5)c5ccccc45)c4ccccc34)cc21. The molecule has 70 heavy (non-hydrogen) atoms. The molecule has 1 aliphatic carbocycles. The van der Waals surface area contributed by atoms with Crippen LogP contribution < -0.4 is 0 Å². The Morgan fingerprint density at radius 1 is 0.229 bits per heavy atom. The zero-order valence-electron chi connectivity index (χ0n) is 39.4. The minimum Gasteiger partial charge on any atom is -0.0622 e. The van der Waals surface area contributed by atoms with Crippen molar-refractivity contribution in [3.63, 3.8) is 0 Å². The smallest absolute Gasteiger partial charge is 0.0492 e. The van der Waals surface area contributed by atoms with E-state index in [-0.39, 0.29) is 11.3 Å². The first-order valence-electron chi connectivity index (χ1n) is 24.7. The van der Waals surface area contributed by atoms with Gasteiger partial charge < -0.3 is 0 Å². The maximum atomic E-state index is 2.56. The number of benzene rings is 12. The molecule has 1 aliphatic rings. The van der Waals surface area contributed by atoms with E-state index in [4.69, 9.17) is 0 Å². The van der Waals surface area contributed by atoms with E-state index in [1.165, 1.54) is 127 Å². The fraction of sp³-hybridized carbons (Fsp3) is 0.0571. The molecule has 0 spiro atoms. The third kappa shape index (κ3) is 6.52. The van der Waals surface area contributed by atoms with E-state index < -0.39 is 0 Å². The van der Waals surface area contributed by atoms with E-state index in [1.54, 1.807) is 0 Å². The van der Waals surface area contributed by atoms with Crippen LogP contribution in [0.3, 0.4) is 0 Å². The van der Waals surface area contributed by atoms with Crippen molar-refractivity contribution in [2.24, 2.45) is 5.92 Å². The molecule has 0 radical (unpaired) electrons. The Bertz CT molecular complexity index is 3840. The second kappa shape index (κ2) is 16.9. The van der Waals surface area contributed by atoms with Crippen LogP contribution >= 0.6 is 0 Å². The van der Waals surface area contributed by atoms with Gasteiger partial charge in [0.2, 0.25) is 0 Å². The molecule has 12 aromatic rings. The Kier molecular flexibility index (Phi) is 10.0. The van der Waals surface area contributed by atoms with Crippen LogP contribution in [0.1, 0.15) is 30.5 Å². The van der Waals surface area contributed by atoms with Crippen molar-refractivity contribution >= 4 is 32.3 Å². The number of rotatable bonds is 8. The van der Waals surface area contributed by atoms with Crippen LogP contribution in [0.4, 0.5) is 0 Å². The maximum absolute atomic E-state index is 2.56. The van der Waals surface area contributed by atoms with Gasteiger partial charge in [0, 0.05) is 5.41 Å². The van der Waals surface area contributed by atoms with E-state index in [0.29, 0.717) is 0 Å². The second-order valence-corrected chi connectivity index (χ2v) is 19.3. The molecule has 330 valence electrons. The first-order chi connectivity index (χ1) is 34.6. The van der Waals surface area contributed by atoms with Gasteiger partial charge in [0.15, 0.2) is 0 Å². The molecule has 13 rings (SSSR count). The van der Waals surface area contributed by atoms with Gasteiger partial charge in [0.1, 0.15) is 0 Å². The molecule has 0 saturated carbocycles. The van der Waals surface area contributed by atoms with Crippen molar-refractivity contribution in [1.82, 2.24) is 0 Å². The molecule has 1 atom stereocenters. The first-order valence-corrected chi connectivity index (χ1v) is 24.7. The highest BCUT2D eigenvalue weighted by Gasteiger charge is 2.48. The van der Waals surface area contributed by atoms with Crippen LogP contribution in [0, 0.1) is 5.92 Å². The Morgan fingerprint density at radius 2 is 0.614 bits per heavy atom. The molecule has 0 nitrogen and oxygen atoms in total. The van der Waals surface area contributed by atoms with Gasteiger partial charge in [-0.3, -0.25) is 0 Å². The van der Waals surface area contributed by atoms with Gasteiger partial charge in [-0.25, -0.2) is 0 Å². The molecule has 1 unspecified atom stereocenters. The largest absolute Gasteiger partial charge is 0.0622 e. The highest BCUT2D eigenvalue weighted by molar-refractivity contribution is 6.24. The summed E-state index contributed by atoms with van der Waals surface area (Å²) in [5.41, 5.74) is 21.2. The molecule has 12 aromatic carbocycles. The minimum absolute atomic E-state index is 0.257. The summed E-state index contributed by atoms with van der Waals surface area (Å²) in [4.78, 5) is 0. The van der Waals surface area contributed by atoms with Crippen LogP contribution in [-0.2, 0) is 5.41 Å². The molecular formula is C70H50. The summed E-state index contributed by atoms with van der Waals surface area (Å²) in [5, 5.41) is 7.48. The lowest BCUT2D eigenvalue weighted by atomic mass is 9.63. The summed E-state index contributed by atoms with van der Waals surface area (Å²) in [7, 11) is 0. The predicted molar refractivity (Wildman–Crippen MR) is 298 cm³/mol. The second-order valence-electron chi connectivity index (χ2n) is 19.3. The number of fused-ring (bicyclic) bond motifs is 6. The molecule has 0 aliphatic heterocycles. The summed E-state index contributed by atoms with van der Waals surface area (Å²) < 4.78 is 0. The summed E-state index contributed by atoms with van der Waals surface area (Å²) in [6, 6.07) is 97.2. The Hall–Kier alpha value is -8.58. The van der Waals surface area contributed by atoms with Crippen LogP contribution in [-0.4, -0.2) is 0 Å². The van der Waals surface area contributed by atoms with E-state index >= 15 is 0 Å². The lowest BCUT2D eigenvalue weighted by molar-refractivity contribution is 0.448. The lowest BCUT2D eigenvalue weighted by Gasteiger charge is -2.39. The van der Waals surface area contributed by atoms with Gasteiger partial charge in [0.05, 0.1) is 0 Å². The van der Waals surface area contributed by atoms with Crippen LogP contribution in [0.15, 0.2) is 261 Å². The number of hydrogen-bond acceptors (Lipinski definition) is 0. The van der Waals surface area contributed by atoms with Crippen molar-refractivity contribution in [2.45, 2.75) is 19.3 Å². The van der Waals surface area contributed by atoms with E-state index in [9.17, 15) is 0 Å². The molecule has 0 heterocycles. The molecule has 0 amide bonds. The van der Waals surface area contributed by atoms with E-state index in [1.807, 2.05) is 0 Å². The zero-order valence-corrected chi connectivity index (χ0v) is 39.4. The standard InChI is InChI=1S/C70H50/c1-46(2)70(65-36-20-18-28-55(65)49-26-10-5-11-27-49)66-37-21-19-31-58(66)59-39-38-50(45-67(59)70)68-60-32-14-16-34-62(60)69(63-35-17-15-33-61(63)68)64-41-40-54(56-29-12-13-30-57(56)64)53-43-51(47-22-6-3-7-23-47)42-52(44-53)48-24-8-4-9-25-48/h3-46H,1-2H3. The molecule has 0 heteroatoms. The lowest BCUT2D eigenvalue weighted by Crippen LogP contribution is -2.33. The average Bonchev–Trinajstić information content (AvgIpc) is 3.73. The molecule has 0 aromatic heterocycles. The maximum Gasteiger partial charge on any atom is 0.0492 e. The molecule has 0 bridgehead atoms. The van der Waals surface area contributed by atoms with Crippen molar-refractivity contribution in [3.05, 3.63) is 278 Å². The molecule has 0 fully saturated rings. The van der Waals surface area contributed by atoms with Gasteiger partial charge >= 0.3 is 0 Å². The average molecular weight is 891 g/mol. The third-order valence-electron chi connectivity index (χ3n) is 15.3. The van der Waals surface area contributed by atoms with Crippen LogP contribution in [0.2, 0.25) is 0 Å². The Morgan fingerprint density at radius 3 is 1.17 bits per heavy atom. The fourth-order valence-corrected chi connectivity index (χ4v) is 12.3. The normalized spacial score (nSPS) is 14.0. The highest BCUT2D eigenvalue weighted by Crippen LogP contribution is 2.59. The van der Waals surface area contributed by atoms with Gasteiger partial charge in [0.25, 0.3) is 0 Å². The third-order valence-corrected chi connectivity index (χ3v) is 15.3. The quantitative estimate of drug-likeness (QED) is 0.133. The van der Waals surface area contributed by atoms with E-state index in [0.717, 1.165) is 0 Å². The molecule has 0 saturated heterocycles. The van der Waals surface area contributed by atoms with Crippen molar-refractivity contribution in [2.75, 3.05) is 0 Å². The highest BCUT2D eigenvalue weighted by atomic mass is 14.5. The van der Waals surface area contributed by atoms with Gasteiger partial charge in [-0.05, 0) is 157 Å². The van der Waals surface area contributed by atoms with Crippen LogP contribution in [0.5, 0.6) is 0 Å². The van der Waals surface area contributed by atoms with Crippen molar-refractivity contribution in [1.29, 1.82) is 0 Å².